The van der Waals surface area contributed by atoms with Gasteiger partial charge in [-0.3, -0.25) is 0 Å². The Balaban J connectivity index is 1.89. The van der Waals surface area contributed by atoms with Gasteiger partial charge in [-0.15, -0.1) is 0 Å². The molecular weight excluding hydrogens is 200 g/mol. The number of pyridine rings is 1. The molecule has 1 aromatic heterocycles. The topological polar surface area (TPSA) is 52.0 Å². The van der Waals surface area contributed by atoms with E-state index in [1.807, 2.05) is 12.3 Å². The first-order valence-corrected chi connectivity index (χ1v) is 5.73. The van der Waals surface area contributed by atoms with Crippen molar-refractivity contribution in [1.29, 1.82) is 5.26 Å². The zero-order valence-electron chi connectivity index (χ0n) is 9.06. The fourth-order valence-electron chi connectivity index (χ4n) is 2.81. The SMILES string of the molecule is N#Cc1ccc(N2C3CC[C@H]2CNC3)cn1. The molecule has 0 spiro atoms. The lowest BCUT2D eigenvalue weighted by molar-refractivity contribution is 0.484. The molecular formula is C12H14N4. The number of nitrogens with zero attached hydrogens (tertiary/aromatic N) is 3. The molecule has 1 N–H and O–H groups in total. The lowest BCUT2D eigenvalue weighted by Crippen LogP contribution is -2.52. The van der Waals surface area contributed by atoms with Crippen LogP contribution in [0.1, 0.15) is 18.5 Å². The van der Waals surface area contributed by atoms with Crippen LogP contribution in [-0.2, 0) is 0 Å². The normalized spacial score (nSPS) is 27.8. The second-order valence-corrected chi connectivity index (χ2v) is 4.46. The van der Waals surface area contributed by atoms with Gasteiger partial charge in [-0.1, -0.05) is 0 Å². The van der Waals surface area contributed by atoms with Gasteiger partial charge in [0, 0.05) is 25.2 Å². The van der Waals surface area contributed by atoms with Gasteiger partial charge < -0.3 is 10.2 Å². The summed E-state index contributed by atoms with van der Waals surface area (Å²) >= 11 is 0. The number of rotatable bonds is 1. The van der Waals surface area contributed by atoms with E-state index < -0.39 is 0 Å². The number of nitrogens with one attached hydrogen (secondary N) is 1. The Bertz CT molecular complexity index is 404. The number of hydrogen-bond acceptors (Lipinski definition) is 4. The molecule has 1 aromatic rings. The first kappa shape index (κ1) is 9.61. The van der Waals surface area contributed by atoms with Crippen LogP contribution < -0.4 is 10.2 Å². The predicted molar refractivity (Wildman–Crippen MR) is 61.1 cm³/mol. The molecule has 2 aliphatic heterocycles. The van der Waals surface area contributed by atoms with E-state index in [4.69, 9.17) is 5.26 Å². The van der Waals surface area contributed by atoms with Crippen molar-refractivity contribution in [2.75, 3.05) is 18.0 Å². The van der Waals surface area contributed by atoms with E-state index >= 15 is 0 Å². The summed E-state index contributed by atoms with van der Waals surface area (Å²) in [4.78, 5) is 6.61. The van der Waals surface area contributed by atoms with E-state index in [1.165, 1.54) is 12.8 Å². The zero-order valence-corrected chi connectivity index (χ0v) is 9.06. The Morgan fingerprint density at radius 3 is 2.62 bits per heavy atom. The molecule has 4 nitrogen and oxygen atoms in total. The standard InChI is InChI=1S/C12H14N4/c13-5-9-1-2-12(8-15-9)16-10-3-4-11(16)7-14-6-10/h1-2,8,10-11,14H,3-4,6-7H2/t10-,11?/m0/s1. The highest BCUT2D eigenvalue weighted by molar-refractivity contribution is 5.50. The van der Waals surface area contributed by atoms with Gasteiger partial charge in [0.05, 0.1) is 11.9 Å². The Morgan fingerprint density at radius 2 is 2.06 bits per heavy atom. The molecule has 0 aliphatic carbocycles. The van der Waals surface area contributed by atoms with Crippen molar-refractivity contribution in [3.63, 3.8) is 0 Å². The van der Waals surface area contributed by atoms with Crippen LogP contribution in [0.15, 0.2) is 18.3 Å². The molecule has 3 rings (SSSR count). The molecule has 2 atom stereocenters. The van der Waals surface area contributed by atoms with Gasteiger partial charge in [0.2, 0.25) is 0 Å². The number of piperazine rings is 1. The molecule has 1 unspecified atom stereocenters. The van der Waals surface area contributed by atoms with Crippen molar-refractivity contribution in [2.45, 2.75) is 24.9 Å². The molecule has 2 bridgehead atoms. The second-order valence-electron chi connectivity index (χ2n) is 4.46. The summed E-state index contributed by atoms with van der Waals surface area (Å²) in [6.07, 6.45) is 4.35. The highest BCUT2D eigenvalue weighted by Gasteiger charge is 2.36. The quantitative estimate of drug-likeness (QED) is 0.754. The van der Waals surface area contributed by atoms with E-state index in [0.717, 1.165) is 18.8 Å². The smallest absolute Gasteiger partial charge is 0.140 e. The highest BCUT2D eigenvalue weighted by Crippen LogP contribution is 2.31. The molecule has 82 valence electrons. The van der Waals surface area contributed by atoms with Crippen LogP contribution in [0.3, 0.4) is 0 Å². The summed E-state index contributed by atoms with van der Waals surface area (Å²) in [5.74, 6) is 0. The Labute approximate surface area is 94.9 Å². The summed E-state index contributed by atoms with van der Waals surface area (Å²) in [5, 5.41) is 12.2. The number of hydrogen-bond donors (Lipinski definition) is 1. The van der Waals surface area contributed by atoms with Crippen molar-refractivity contribution in [2.24, 2.45) is 0 Å². The van der Waals surface area contributed by atoms with Crippen LogP contribution in [0.5, 0.6) is 0 Å². The first-order chi connectivity index (χ1) is 7.88. The van der Waals surface area contributed by atoms with E-state index in [0.29, 0.717) is 17.8 Å². The third-order valence-corrected chi connectivity index (χ3v) is 3.54. The molecule has 0 amide bonds. The third-order valence-electron chi connectivity index (χ3n) is 3.54. The van der Waals surface area contributed by atoms with E-state index in [2.05, 4.69) is 21.3 Å². The van der Waals surface area contributed by atoms with Gasteiger partial charge in [-0.2, -0.15) is 5.26 Å². The summed E-state index contributed by atoms with van der Waals surface area (Å²) in [5.41, 5.74) is 1.65. The van der Waals surface area contributed by atoms with E-state index in [1.54, 1.807) is 6.07 Å². The molecule has 0 aromatic carbocycles. The van der Waals surface area contributed by atoms with Gasteiger partial charge >= 0.3 is 0 Å². The highest BCUT2D eigenvalue weighted by atomic mass is 15.3. The maximum Gasteiger partial charge on any atom is 0.140 e. The summed E-state index contributed by atoms with van der Waals surface area (Å²) < 4.78 is 0. The number of anilines is 1. The van der Waals surface area contributed by atoms with Crippen molar-refractivity contribution in [1.82, 2.24) is 10.3 Å². The third kappa shape index (κ3) is 1.44. The van der Waals surface area contributed by atoms with Crippen LogP contribution in [0, 0.1) is 11.3 Å². The minimum atomic E-state index is 0.492. The largest absolute Gasteiger partial charge is 0.362 e. The minimum absolute atomic E-state index is 0.492. The van der Waals surface area contributed by atoms with Gasteiger partial charge in [0.15, 0.2) is 0 Å². The Morgan fingerprint density at radius 1 is 1.31 bits per heavy atom. The molecule has 16 heavy (non-hydrogen) atoms. The molecule has 0 saturated carbocycles. The average molecular weight is 214 g/mol. The number of nitriles is 1. The molecule has 0 radical (unpaired) electrons. The van der Waals surface area contributed by atoms with Crippen molar-refractivity contribution >= 4 is 5.69 Å². The van der Waals surface area contributed by atoms with Crippen LogP contribution in [-0.4, -0.2) is 30.2 Å². The second kappa shape index (κ2) is 3.76. The molecule has 4 heteroatoms. The van der Waals surface area contributed by atoms with Crippen LogP contribution in [0.25, 0.3) is 0 Å². The average Bonchev–Trinajstić information content (AvgIpc) is 2.59. The maximum absolute atomic E-state index is 8.72. The van der Waals surface area contributed by atoms with Crippen molar-refractivity contribution in [3.05, 3.63) is 24.0 Å². The fourth-order valence-corrected chi connectivity index (χ4v) is 2.81. The zero-order chi connectivity index (χ0) is 11.0. The van der Waals surface area contributed by atoms with Gasteiger partial charge in [0.25, 0.3) is 0 Å². The molecule has 3 heterocycles. The summed E-state index contributed by atoms with van der Waals surface area (Å²) in [7, 11) is 0. The first-order valence-electron chi connectivity index (χ1n) is 5.73. The maximum atomic E-state index is 8.72. The lowest BCUT2D eigenvalue weighted by atomic mass is 10.2. The van der Waals surface area contributed by atoms with Crippen LogP contribution in [0.4, 0.5) is 5.69 Å². The van der Waals surface area contributed by atoms with E-state index in [-0.39, 0.29) is 0 Å². The van der Waals surface area contributed by atoms with Gasteiger partial charge in [0.1, 0.15) is 11.8 Å². The van der Waals surface area contributed by atoms with Crippen molar-refractivity contribution in [3.8, 4) is 6.07 Å². The Kier molecular flexibility index (Phi) is 2.26. The Hall–Kier alpha value is -1.60. The number of fused-ring (bicyclic) bond motifs is 2. The predicted octanol–water partition coefficient (Wildman–Crippen LogP) is 0.894. The lowest BCUT2D eigenvalue weighted by Gasteiger charge is -2.37. The molecule has 2 fully saturated rings. The molecule has 2 saturated heterocycles. The minimum Gasteiger partial charge on any atom is -0.362 e. The fraction of sp³-hybridized carbons (Fsp3) is 0.500. The monoisotopic (exact) mass is 214 g/mol. The summed E-state index contributed by atoms with van der Waals surface area (Å²) in [6.45, 7) is 2.13. The molecule has 2 aliphatic rings. The number of aromatic nitrogens is 1. The van der Waals surface area contributed by atoms with E-state index in [9.17, 15) is 0 Å². The van der Waals surface area contributed by atoms with Gasteiger partial charge in [-0.05, 0) is 25.0 Å². The summed E-state index contributed by atoms with van der Waals surface area (Å²) in [6, 6.07) is 7.08. The van der Waals surface area contributed by atoms with Gasteiger partial charge in [-0.25, -0.2) is 4.98 Å². The van der Waals surface area contributed by atoms with Crippen LogP contribution >= 0.6 is 0 Å². The van der Waals surface area contributed by atoms with Crippen molar-refractivity contribution < 1.29 is 0 Å². The van der Waals surface area contributed by atoms with Crippen LogP contribution in [0.2, 0.25) is 0 Å².